The highest BCUT2D eigenvalue weighted by molar-refractivity contribution is 6.08. The fourth-order valence-electron chi connectivity index (χ4n) is 7.73. The largest absolute Gasteiger partial charge is 0.351 e. The molecule has 0 atom stereocenters. The number of carbonyl (C=O) groups is 2. The molecule has 3 aromatic carbocycles. The van der Waals surface area contributed by atoms with Gasteiger partial charge in [0.2, 0.25) is 0 Å². The van der Waals surface area contributed by atoms with Crippen LogP contribution in [0.4, 0.5) is 0 Å². The van der Waals surface area contributed by atoms with Crippen molar-refractivity contribution in [3.05, 3.63) is 107 Å². The molecule has 7 rings (SSSR count). The third-order valence-electron chi connectivity index (χ3n) is 9.53. The number of benzene rings is 3. The summed E-state index contributed by atoms with van der Waals surface area (Å²) in [5.41, 5.74) is 7.13. The van der Waals surface area contributed by atoms with Crippen molar-refractivity contribution in [2.75, 3.05) is 7.05 Å². The van der Waals surface area contributed by atoms with E-state index in [0.29, 0.717) is 19.4 Å². The predicted molar refractivity (Wildman–Crippen MR) is 166 cm³/mol. The van der Waals surface area contributed by atoms with Gasteiger partial charge in [0.1, 0.15) is 0 Å². The van der Waals surface area contributed by atoms with Crippen molar-refractivity contribution >= 4 is 33.2 Å². The second-order valence-corrected chi connectivity index (χ2v) is 14.0. The molecule has 0 bridgehead atoms. The van der Waals surface area contributed by atoms with E-state index in [9.17, 15) is 9.59 Å². The summed E-state index contributed by atoms with van der Waals surface area (Å²) >= 11 is 0. The fourth-order valence-corrected chi connectivity index (χ4v) is 7.73. The highest BCUT2D eigenvalue weighted by Gasteiger charge is 2.48. The van der Waals surface area contributed by atoms with Gasteiger partial charge in [-0.2, -0.15) is 0 Å². The minimum atomic E-state index is -0.331. The number of para-hydroxylation sites is 1. The van der Waals surface area contributed by atoms with Crippen LogP contribution in [0.15, 0.2) is 95.5 Å². The topological polar surface area (TPSA) is 42.3 Å². The number of Topliss-reactive ketones (excluding diaryl/α,β-unsaturated/α-hetero) is 2. The SMILES string of the molecule is CN1C2=C(C(=O)CC(C)(C)C2)C(c2cn(Cc3cccc4ccccc34)c3ccccc23)C2=C1CC(C)(C)CC2=O. The molecule has 4 nitrogen and oxygen atoms in total. The van der Waals surface area contributed by atoms with E-state index < -0.39 is 0 Å². The molecular weight excluding hydrogens is 504 g/mol. The second-order valence-electron chi connectivity index (χ2n) is 14.0. The molecular formula is C37H38N2O2. The summed E-state index contributed by atoms with van der Waals surface area (Å²) in [7, 11) is 2.08. The third kappa shape index (κ3) is 4.18. The molecule has 2 aliphatic carbocycles. The van der Waals surface area contributed by atoms with Crippen molar-refractivity contribution in [1.29, 1.82) is 0 Å². The molecule has 2 heterocycles. The molecule has 0 radical (unpaired) electrons. The lowest BCUT2D eigenvalue weighted by Gasteiger charge is -2.47. The van der Waals surface area contributed by atoms with Crippen molar-refractivity contribution < 1.29 is 9.59 Å². The first-order valence-electron chi connectivity index (χ1n) is 14.8. The summed E-state index contributed by atoms with van der Waals surface area (Å²) in [4.78, 5) is 30.3. The molecule has 4 aromatic rings. The van der Waals surface area contributed by atoms with Crippen molar-refractivity contribution in [3.63, 3.8) is 0 Å². The third-order valence-corrected chi connectivity index (χ3v) is 9.53. The Labute approximate surface area is 242 Å². The van der Waals surface area contributed by atoms with Crippen LogP contribution in [-0.2, 0) is 16.1 Å². The van der Waals surface area contributed by atoms with Crippen molar-refractivity contribution in [2.45, 2.75) is 65.8 Å². The molecule has 0 N–H and O–H groups in total. The molecule has 0 saturated heterocycles. The monoisotopic (exact) mass is 542 g/mol. The minimum absolute atomic E-state index is 0.108. The van der Waals surface area contributed by atoms with Gasteiger partial charge in [-0.1, -0.05) is 88.4 Å². The lowest BCUT2D eigenvalue weighted by atomic mass is 9.64. The van der Waals surface area contributed by atoms with E-state index in [-0.39, 0.29) is 28.3 Å². The van der Waals surface area contributed by atoms with Crippen LogP contribution in [0, 0.1) is 10.8 Å². The van der Waals surface area contributed by atoms with Gasteiger partial charge in [0.25, 0.3) is 0 Å². The Kier molecular flexibility index (Phi) is 5.74. The smallest absolute Gasteiger partial charge is 0.162 e. The van der Waals surface area contributed by atoms with Gasteiger partial charge in [0.15, 0.2) is 11.6 Å². The minimum Gasteiger partial charge on any atom is -0.351 e. The van der Waals surface area contributed by atoms with Crippen LogP contribution in [0.1, 0.15) is 70.4 Å². The van der Waals surface area contributed by atoms with E-state index in [1.165, 1.54) is 16.3 Å². The molecule has 0 spiro atoms. The average molecular weight is 543 g/mol. The van der Waals surface area contributed by atoms with E-state index in [2.05, 4.69) is 117 Å². The van der Waals surface area contributed by atoms with Crippen LogP contribution in [0.5, 0.6) is 0 Å². The van der Waals surface area contributed by atoms with Gasteiger partial charge < -0.3 is 9.47 Å². The highest BCUT2D eigenvalue weighted by atomic mass is 16.1. The number of hydrogen-bond donors (Lipinski definition) is 0. The fraction of sp³-hybridized carbons (Fsp3) is 0.351. The quantitative estimate of drug-likeness (QED) is 0.262. The van der Waals surface area contributed by atoms with Gasteiger partial charge in [-0.3, -0.25) is 9.59 Å². The van der Waals surface area contributed by atoms with Gasteiger partial charge in [0, 0.05) is 72.0 Å². The predicted octanol–water partition coefficient (Wildman–Crippen LogP) is 8.16. The standard InChI is InChI=1S/C37H38N2O2/c1-36(2)17-29-34(31(40)19-36)33(35-30(38(29)5)18-37(3,4)20-32(35)41)27-22-39(28-16-9-8-15-26(27)28)21-24-13-10-12-23-11-6-7-14-25(23)24/h6-16,22,33H,17-21H2,1-5H3. The maximum Gasteiger partial charge on any atom is 0.162 e. The van der Waals surface area contributed by atoms with Crippen LogP contribution >= 0.6 is 0 Å². The lowest BCUT2D eigenvalue weighted by Crippen LogP contribution is -2.43. The van der Waals surface area contributed by atoms with Crippen LogP contribution in [-0.4, -0.2) is 28.1 Å². The normalized spacial score (nSPS) is 20.7. The van der Waals surface area contributed by atoms with Crippen LogP contribution in [0.3, 0.4) is 0 Å². The number of hydrogen-bond acceptors (Lipinski definition) is 3. The number of allylic oxidation sites excluding steroid dienone is 4. The Balaban J connectivity index is 1.46. The van der Waals surface area contributed by atoms with E-state index in [0.717, 1.165) is 51.8 Å². The van der Waals surface area contributed by atoms with E-state index in [1.807, 2.05) is 0 Å². The number of ketones is 2. The number of fused-ring (bicyclic) bond motifs is 2. The summed E-state index contributed by atoms with van der Waals surface area (Å²) in [5.74, 6) is 0.0356. The Morgan fingerprint density at radius 2 is 1.27 bits per heavy atom. The molecule has 3 aliphatic rings. The molecule has 0 saturated carbocycles. The zero-order valence-electron chi connectivity index (χ0n) is 24.8. The van der Waals surface area contributed by atoms with Gasteiger partial charge in [-0.15, -0.1) is 0 Å². The van der Waals surface area contributed by atoms with Gasteiger partial charge >= 0.3 is 0 Å². The first kappa shape index (κ1) is 26.0. The van der Waals surface area contributed by atoms with Crippen LogP contribution in [0.25, 0.3) is 21.7 Å². The van der Waals surface area contributed by atoms with Crippen LogP contribution in [0.2, 0.25) is 0 Å². The molecule has 4 heteroatoms. The molecule has 1 aromatic heterocycles. The Morgan fingerprint density at radius 1 is 0.707 bits per heavy atom. The maximum atomic E-state index is 14.0. The average Bonchev–Trinajstić information content (AvgIpc) is 3.27. The summed E-state index contributed by atoms with van der Waals surface area (Å²) < 4.78 is 2.32. The Bertz CT molecular complexity index is 1770. The number of aromatic nitrogens is 1. The molecule has 0 fully saturated rings. The number of rotatable bonds is 3. The number of nitrogens with zero attached hydrogens (tertiary/aromatic N) is 2. The maximum absolute atomic E-state index is 14.0. The second kappa shape index (κ2) is 9.04. The van der Waals surface area contributed by atoms with E-state index >= 15 is 0 Å². The summed E-state index contributed by atoms with van der Waals surface area (Å²) in [5, 5.41) is 3.60. The summed E-state index contributed by atoms with van der Waals surface area (Å²) in [6.07, 6.45) is 4.92. The first-order valence-corrected chi connectivity index (χ1v) is 14.8. The molecule has 0 unspecified atom stereocenters. The summed E-state index contributed by atoms with van der Waals surface area (Å²) in [6, 6.07) is 23.5. The van der Waals surface area contributed by atoms with E-state index in [4.69, 9.17) is 0 Å². The molecule has 41 heavy (non-hydrogen) atoms. The van der Waals surface area contributed by atoms with Gasteiger partial charge in [-0.25, -0.2) is 0 Å². The molecule has 1 aliphatic heterocycles. The van der Waals surface area contributed by atoms with Crippen molar-refractivity contribution in [1.82, 2.24) is 9.47 Å². The highest BCUT2D eigenvalue weighted by Crippen LogP contribution is 2.54. The zero-order valence-corrected chi connectivity index (χ0v) is 24.8. The summed E-state index contributed by atoms with van der Waals surface area (Å²) in [6.45, 7) is 9.47. The first-order chi connectivity index (χ1) is 19.5. The number of carbonyl (C=O) groups excluding carboxylic acids is 2. The van der Waals surface area contributed by atoms with Crippen molar-refractivity contribution in [2.24, 2.45) is 10.8 Å². The molecule has 0 amide bonds. The zero-order chi connectivity index (χ0) is 28.7. The molecule has 208 valence electrons. The van der Waals surface area contributed by atoms with Gasteiger partial charge in [0.05, 0.1) is 0 Å². The lowest BCUT2D eigenvalue weighted by molar-refractivity contribution is -0.119. The van der Waals surface area contributed by atoms with Crippen LogP contribution < -0.4 is 0 Å². The Morgan fingerprint density at radius 3 is 1.93 bits per heavy atom. The van der Waals surface area contributed by atoms with Crippen molar-refractivity contribution in [3.8, 4) is 0 Å². The van der Waals surface area contributed by atoms with E-state index in [1.54, 1.807) is 0 Å². The Hall–Kier alpha value is -3.92. The van der Waals surface area contributed by atoms with Gasteiger partial charge in [-0.05, 0) is 51.6 Å².